The molecule has 0 atom stereocenters. The van der Waals surface area contributed by atoms with Crippen molar-refractivity contribution in [2.24, 2.45) is 0 Å². The van der Waals surface area contributed by atoms with E-state index in [0.29, 0.717) is 0 Å². The summed E-state index contributed by atoms with van der Waals surface area (Å²) in [5, 5.41) is -0.609. The van der Waals surface area contributed by atoms with Gasteiger partial charge >= 0.3 is 0 Å². The highest BCUT2D eigenvalue weighted by Crippen LogP contribution is 2.31. The van der Waals surface area contributed by atoms with E-state index in [2.05, 4.69) is 0 Å². The maximum atomic E-state index is 12.5. The number of hydrogen-bond acceptors (Lipinski definition) is 4. The fourth-order valence-electron chi connectivity index (χ4n) is 1.87. The molecule has 0 N–H and O–H groups in total. The molecule has 23 heavy (non-hydrogen) atoms. The third kappa shape index (κ3) is 3.63. The van der Waals surface area contributed by atoms with Gasteiger partial charge in [0.1, 0.15) is 5.21 Å². The lowest BCUT2D eigenvalue weighted by Crippen LogP contribution is -2.27. The highest BCUT2D eigenvalue weighted by molar-refractivity contribution is 7.93. The topological polar surface area (TPSA) is 71.5 Å². The van der Waals surface area contributed by atoms with E-state index in [-0.39, 0.29) is 20.5 Å². The molecule has 0 saturated carbocycles. The molecule has 2 aromatic carbocycles. The van der Waals surface area contributed by atoms with Crippen molar-refractivity contribution in [1.82, 2.24) is 0 Å². The van der Waals surface area contributed by atoms with Crippen LogP contribution in [-0.2, 0) is 19.9 Å². The molecule has 0 aliphatic heterocycles. The van der Waals surface area contributed by atoms with E-state index in [1.54, 1.807) is 18.2 Å². The largest absolute Gasteiger partial charge is 0.271 e. The van der Waals surface area contributed by atoms with E-state index in [1.165, 1.54) is 37.4 Å². The molecule has 2 rings (SSSR count). The van der Waals surface area contributed by atoms with E-state index in [1.807, 2.05) is 0 Å². The van der Waals surface area contributed by atoms with Gasteiger partial charge in [-0.2, -0.15) is 0 Å². The second-order valence-electron chi connectivity index (χ2n) is 4.62. The first-order valence-electron chi connectivity index (χ1n) is 6.32. The summed E-state index contributed by atoms with van der Waals surface area (Å²) in [6.07, 6.45) is 0. The number of halogens is 2. The highest BCUT2D eigenvalue weighted by Gasteiger charge is 2.23. The van der Waals surface area contributed by atoms with Gasteiger partial charge in [-0.05, 0) is 30.3 Å². The van der Waals surface area contributed by atoms with E-state index < -0.39 is 25.1 Å². The number of hydrogen-bond donors (Lipinski definition) is 0. The van der Waals surface area contributed by atoms with Crippen LogP contribution >= 0.6 is 23.2 Å². The molecule has 0 bridgehead atoms. The molecular weight excluding hydrogens is 381 g/mol. The predicted molar refractivity (Wildman–Crippen MR) is 91.4 cm³/mol. The molecule has 0 unspecified atom stereocenters. The zero-order valence-electron chi connectivity index (χ0n) is 12.0. The average Bonchev–Trinajstić information content (AvgIpc) is 2.54. The average molecular weight is 394 g/mol. The minimum atomic E-state index is -3.72. The first kappa shape index (κ1) is 18.1. The third-order valence-corrected chi connectivity index (χ3v) is 7.38. The van der Waals surface area contributed by atoms with Gasteiger partial charge in [0.2, 0.25) is 19.9 Å². The molecule has 124 valence electrons. The normalized spacial score (nSPS) is 12.1. The lowest BCUT2D eigenvalue weighted by Gasteiger charge is -2.19. The van der Waals surface area contributed by atoms with Gasteiger partial charge in [-0.25, -0.2) is 16.8 Å². The Morgan fingerprint density at radius 1 is 0.957 bits per heavy atom. The summed E-state index contributed by atoms with van der Waals surface area (Å²) in [6.45, 7) is 0. The van der Waals surface area contributed by atoms with Crippen LogP contribution in [0.2, 0.25) is 5.02 Å². The zero-order valence-corrected chi connectivity index (χ0v) is 15.1. The number of anilines is 1. The van der Waals surface area contributed by atoms with E-state index >= 15 is 0 Å². The fraction of sp³-hybridized carbons (Fsp3) is 0.143. The summed E-state index contributed by atoms with van der Waals surface area (Å²) in [5.41, 5.74) is 0.152. The zero-order chi connectivity index (χ0) is 17.3. The molecule has 0 aromatic heterocycles. The number of benzene rings is 2. The lowest BCUT2D eigenvalue weighted by atomic mass is 10.3. The van der Waals surface area contributed by atoms with Crippen LogP contribution in [0.3, 0.4) is 0 Å². The Morgan fingerprint density at radius 2 is 1.57 bits per heavy atom. The number of sulfone groups is 1. The Balaban J connectivity index is 2.49. The molecule has 9 heteroatoms. The SMILES string of the molecule is CN(c1ccc(S(=O)(=O)c2ccccc2)cc1Cl)S(=O)(=O)CCl. The minimum absolute atomic E-state index is 0.00167. The van der Waals surface area contributed by atoms with Crippen LogP contribution in [0.25, 0.3) is 0 Å². The van der Waals surface area contributed by atoms with Crippen molar-refractivity contribution in [3.8, 4) is 0 Å². The van der Waals surface area contributed by atoms with Gasteiger partial charge in [-0.3, -0.25) is 4.31 Å². The van der Waals surface area contributed by atoms with Crippen molar-refractivity contribution in [2.45, 2.75) is 9.79 Å². The maximum absolute atomic E-state index is 12.5. The number of alkyl halides is 1. The van der Waals surface area contributed by atoms with Crippen LogP contribution in [0.15, 0.2) is 58.3 Å². The smallest absolute Gasteiger partial charge is 0.249 e. The fourth-order valence-corrected chi connectivity index (χ4v) is 4.64. The van der Waals surface area contributed by atoms with Crippen molar-refractivity contribution in [2.75, 3.05) is 16.6 Å². The van der Waals surface area contributed by atoms with E-state index in [0.717, 1.165) is 4.31 Å². The van der Waals surface area contributed by atoms with Gasteiger partial charge in [0, 0.05) is 7.05 Å². The van der Waals surface area contributed by atoms with Crippen LogP contribution in [0.4, 0.5) is 5.69 Å². The van der Waals surface area contributed by atoms with Gasteiger partial charge in [0.25, 0.3) is 0 Å². The first-order valence-corrected chi connectivity index (χ1v) is 10.3. The molecule has 0 saturated heterocycles. The molecular formula is C14H13Cl2NO4S2. The van der Waals surface area contributed by atoms with E-state index in [4.69, 9.17) is 23.2 Å². The van der Waals surface area contributed by atoms with Crippen molar-refractivity contribution >= 4 is 48.7 Å². The first-order chi connectivity index (χ1) is 10.7. The quantitative estimate of drug-likeness (QED) is 0.731. The summed E-state index contributed by atoms with van der Waals surface area (Å²) in [6, 6.07) is 11.8. The number of sulfonamides is 1. The Kier molecular flexibility index (Phi) is 5.25. The molecule has 2 aromatic rings. The van der Waals surface area contributed by atoms with Gasteiger partial charge in [0.05, 0.1) is 20.5 Å². The summed E-state index contributed by atoms with van der Waals surface area (Å²) < 4.78 is 49.5. The molecule has 0 spiro atoms. The van der Waals surface area contributed by atoms with Crippen LogP contribution in [0, 0.1) is 0 Å². The summed E-state index contributed by atoms with van der Waals surface area (Å²) >= 11 is 11.5. The van der Waals surface area contributed by atoms with Crippen molar-refractivity contribution < 1.29 is 16.8 Å². The highest BCUT2D eigenvalue weighted by atomic mass is 35.5. The molecule has 0 fully saturated rings. The van der Waals surface area contributed by atoms with Gasteiger partial charge in [-0.1, -0.05) is 29.8 Å². The summed E-state index contributed by atoms with van der Waals surface area (Å²) in [7, 11) is -6.14. The second kappa shape index (κ2) is 6.68. The summed E-state index contributed by atoms with van der Waals surface area (Å²) in [5.74, 6) is 0. The Labute approximate surface area is 145 Å². The van der Waals surface area contributed by atoms with Crippen LogP contribution in [0.5, 0.6) is 0 Å². The van der Waals surface area contributed by atoms with Crippen LogP contribution < -0.4 is 4.31 Å². The third-order valence-electron chi connectivity index (χ3n) is 3.18. The number of nitrogens with zero attached hydrogens (tertiary/aromatic N) is 1. The Bertz CT molecular complexity index is 913. The second-order valence-corrected chi connectivity index (χ2v) is 9.56. The van der Waals surface area contributed by atoms with Crippen molar-refractivity contribution in [3.63, 3.8) is 0 Å². The molecule has 0 radical (unpaired) electrons. The molecule has 0 aliphatic rings. The van der Waals surface area contributed by atoms with Crippen LogP contribution in [0.1, 0.15) is 0 Å². The maximum Gasteiger partial charge on any atom is 0.249 e. The van der Waals surface area contributed by atoms with Crippen molar-refractivity contribution in [1.29, 1.82) is 0 Å². The standard InChI is InChI=1S/C14H13Cl2NO4S2/c1-17(22(18,19)10-15)14-8-7-12(9-13(14)16)23(20,21)11-5-3-2-4-6-11/h2-9H,10H2,1H3. The van der Waals surface area contributed by atoms with E-state index in [9.17, 15) is 16.8 Å². The van der Waals surface area contributed by atoms with Crippen molar-refractivity contribution in [3.05, 3.63) is 53.6 Å². The number of rotatable bonds is 5. The summed E-state index contributed by atoms with van der Waals surface area (Å²) in [4.78, 5) is 0.111. The lowest BCUT2D eigenvalue weighted by molar-refractivity contribution is 0.596. The molecule has 5 nitrogen and oxygen atoms in total. The molecule has 0 aliphatic carbocycles. The Morgan fingerprint density at radius 3 is 2.09 bits per heavy atom. The van der Waals surface area contributed by atoms with Gasteiger partial charge < -0.3 is 0 Å². The molecule has 0 amide bonds. The monoisotopic (exact) mass is 393 g/mol. The minimum Gasteiger partial charge on any atom is -0.271 e. The van der Waals surface area contributed by atoms with Crippen LogP contribution in [-0.4, -0.2) is 29.1 Å². The molecule has 0 heterocycles. The van der Waals surface area contributed by atoms with Gasteiger partial charge in [0.15, 0.2) is 0 Å². The Hall–Kier alpha value is -1.28. The predicted octanol–water partition coefficient (Wildman–Crippen LogP) is 3.14. The van der Waals surface area contributed by atoms with Gasteiger partial charge in [-0.15, -0.1) is 11.6 Å².